The normalized spacial score (nSPS) is 15.3. The molecule has 1 atom stereocenters. The molecule has 1 amide bonds. The summed E-state index contributed by atoms with van der Waals surface area (Å²) in [6.07, 6.45) is 1.94. The lowest BCUT2D eigenvalue weighted by Crippen LogP contribution is -2.45. The standard InChI is InChI=1S/C16H25N3O/c1-11(2)7-9-18-16(20)12(3)19-10-8-13-14(17)5-4-6-15(13)19/h4-6,11-12H,7-10,17H2,1-3H3,(H,18,20). The molecule has 0 spiro atoms. The van der Waals surface area contributed by atoms with E-state index in [1.54, 1.807) is 0 Å². The highest BCUT2D eigenvalue weighted by Crippen LogP contribution is 2.33. The van der Waals surface area contributed by atoms with Crippen LogP contribution in [0.2, 0.25) is 0 Å². The Labute approximate surface area is 121 Å². The van der Waals surface area contributed by atoms with E-state index in [0.29, 0.717) is 5.92 Å². The van der Waals surface area contributed by atoms with Crippen LogP contribution in [0.3, 0.4) is 0 Å². The lowest BCUT2D eigenvalue weighted by atomic mass is 10.1. The van der Waals surface area contributed by atoms with Gasteiger partial charge in [-0.2, -0.15) is 0 Å². The van der Waals surface area contributed by atoms with E-state index in [-0.39, 0.29) is 11.9 Å². The third-order valence-electron chi connectivity index (χ3n) is 3.97. The molecule has 4 nitrogen and oxygen atoms in total. The van der Waals surface area contributed by atoms with Crippen LogP contribution in [0.25, 0.3) is 0 Å². The highest BCUT2D eigenvalue weighted by atomic mass is 16.2. The number of carbonyl (C=O) groups excluding carboxylic acids is 1. The van der Waals surface area contributed by atoms with Crippen molar-refractivity contribution in [3.63, 3.8) is 0 Å². The minimum atomic E-state index is -0.148. The van der Waals surface area contributed by atoms with Gasteiger partial charge in [0, 0.05) is 30.0 Å². The van der Waals surface area contributed by atoms with Crippen molar-refractivity contribution < 1.29 is 4.79 Å². The Bertz CT molecular complexity index is 485. The molecule has 1 unspecified atom stereocenters. The molecule has 110 valence electrons. The lowest BCUT2D eigenvalue weighted by Gasteiger charge is -2.26. The zero-order valence-corrected chi connectivity index (χ0v) is 12.6. The zero-order valence-electron chi connectivity index (χ0n) is 12.6. The Morgan fingerprint density at radius 1 is 1.40 bits per heavy atom. The minimum absolute atomic E-state index is 0.0981. The first kappa shape index (κ1) is 14.7. The molecule has 4 heteroatoms. The Morgan fingerprint density at radius 3 is 2.85 bits per heavy atom. The molecule has 0 saturated carbocycles. The first-order valence-corrected chi connectivity index (χ1v) is 7.42. The SMILES string of the molecule is CC(C)CCNC(=O)C(C)N1CCc2c(N)cccc21. The number of carbonyl (C=O) groups is 1. The van der Waals surface area contributed by atoms with Crippen LogP contribution in [0, 0.1) is 5.92 Å². The summed E-state index contributed by atoms with van der Waals surface area (Å²) in [6, 6.07) is 5.78. The van der Waals surface area contributed by atoms with Gasteiger partial charge in [0.25, 0.3) is 0 Å². The van der Waals surface area contributed by atoms with Crippen molar-refractivity contribution in [1.29, 1.82) is 0 Å². The molecule has 0 bridgehead atoms. The summed E-state index contributed by atoms with van der Waals surface area (Å²) in [5.41, 5.74) is 9.11. The summed E-state index contributed by atoms with van der Waals surface area (Å²) in [4.78, 5) is 14.4. The number of nitrogens with one attached hydrogen (secondary N) is 1. The maximum atomic E-state index is 12.2. The van der Waals surface area contributed by atoms with Crippen molar-refractivity contribution in [3.05, 3.63) is 23.8 Å². The molecular formula is C16H25N3O. The predicted octanol–water partition coefficient (Wildman–Crippen LogP) is 2.18. The number of rotatable bonds is 5. The monoisotopic (exact) mass is 275 g/mol. The van der Waals surface area contributed by atoms with Crippen LogP contribution in [-0.2, 0) is 11.2 Å². The topological polar surface area (TPSA) is 58.4 Å². The van der Waals surface area contributed by atoms with E-state index >= 15 is 0 Å². The predicted molar refractivity (Wildman–Crippen MR) is 83.8 cm³/mol. The fourth-order valence-corrected chi connectivity index (χ4v) is 2.66. The first-order chi connectivity index (χ1) is 9.50. The second-order valence-electron chi connectivity index (χ2n) is 5.94. The summed E-state index contributed by atoms with van der Waals surface area (Å²) in [5.74, 6) is 0.707. The van der Waals surface area contributed by atoms with Crippen molar-refractivity contribution in [3.8, 4) is 0 Å². The van der Waals surface area contributed by atoms with E-state index in [4.69, 9.17) is 5.73 Å². The quantitative estimate of drug-likeness (QED) is 0.810. The van der Waals surface area contributed by atoms with E-state index in [1.807, 2.05) is 19.1 Å². The number of hydrogen-bond acceptors (Lipinski definition) is 3. The smallest absolute Gasteiger partial charge is 0.242 e. The fourth-order valence-electron chi connectivity index (χ4n) is 2.66. The van der Waals surface area contributed by atoms with Gasteiger partial charge in [-0.3, -0.25) is 4.79 Å². The van der Waals surface area contributed by atoms with Gasteiger partial charge in [0.05, 0.1) is 0 Å². The van der Waals surface area contributed by atoms with Crippen molar-refractivity contribution in [2.45, 2.75) is 39.7 Å². The average molecular weight is 275 g/mol. The van der Waals surface area contributed by atoms with Gasteiger partial charge in [0.15, 0.2) is 0 Å². The second kappa shape index (κ2) is 6.16. The first-order valence-electron chi connectivity index (χ1n) is 7.42. The molecule has 3 N–H and O–H groups in total. The fraction of sp³-hybridized carbons (Fsp3) is 0.562. The zero-order chi connectivity index (χ0) is 14.7. The molecule has 0 aromatic heterocycles. The lowest BCUT2D eigenvalue weighted by molar-refractivity contribution is -0.122. The molecule has 1 aliphatic heterocycles. The molecular weight excluding hydrogens is 250 g/mol. The Kier molecular flexibility index (Phi) is 4.53. The van der Waals surface area contributed by atoms with Crippen LogP contribution in [-0.4, -0.2) is 25.0 Å². The number of nitrogen functional groups attached to an aromatic ring is 1. The van der Waals surface area contributed by atoms with Gasteiger partial charge < -0.3 is 16.0 Å². The maximum absolute atomic E-state index is 12.2. The van der Waals surface area contributed by atoms with Crippen molar-refractivity contribution >= 4 is 17.3 Å². The molecule has 0 saturated heterocycles. The molecule has 0 aliphatic carbocycles. The average Bonchev–Trinajstić information content (AvgIpc) is 2.82. The third kappa shape index (κ3) is 3.06. The number of nitrogens with zero attached hydrogens (tertiary/aromatic N) is 1. The number of anilines is 2. The van der Waals surface area contributed by atoms with Gasteiger partial charge in [-0.05, 0) is 37.8 Å². The van der Waals surface area contributed by atoms with Gasteiger partial charge in [0.2, 0.25) is 5.91 Å². The van der Waals surface area contributed by atoms with Gasteiger partial charge in [-0.1, -0.05) is 19.9 Å². The molecule has 20 heavy (non-hydrogen) atoms. The highest BCUT2D eigenvalue weighted by molar-refractivity contribution is 5.86. The van der Waals surface area contributed by atoms with E-state index in [1.165, 1.54) is 5.56 Å². The molecule has 1 aromatic rings. The van der Waals surface area contributed by atoms with Crippen LogP contribution in [0.1, 0.15) is 32.8 Å². The maximum Gasteiger partial charge on any atom is 0.242 e. The third-order valence-corrected chi connectivity index (χ3v) is 3.97. The molecule has 2 rings (SSSR count). The summed E-state index contributed by atoms with van der Waals surface area (Å²) < 4.78 is 0. The molecule has 0 radical (unpaired) electrons. The Morgan fingerprint density at radius 2 is 2.15 bits per heavy atom. The number of benzene rings is 1. The van der Waals surface area contributed by atoms with Gasteiger partial charge in [-0.25, -0.2) is 0 Å². The van der Waals surface area contributed by atoms with E-state index in [0.717, 1.165) is 37.3 Å². The van der Waals surface area contributed by atoms with Gasteiger partial charge in [-0.15, -0.1) is 0 Å². The molecule has 1 aliphatic rings. The largest absolute Gasteiger partial charge is 0.398 e. The van der Waals surface area contributed by atoms with E-state index in [2.05, 4.69) is 30.1 Å². The van der Waals surface area contributed by atoms with Gasteiger partial charge >= 0.3 is 0 Å². The Hall–Kier alpha value is -1.71. The highest BCUT2D eigenvalue weighted by Gasteiger charge is 2.28. The van der Waals surface area contributed by atoms with Crippen LogP contribution in [0.4, 0.5) is 11.4 Å². The van der Waals surface area contributed by atoms with E-state index in [9.17, 15) is 4.79 Å². The number of amides is 1. The van der Waals surface area contributed by atoms with Crippen LogP contribution >= 0.6 is 0 Å². The van der Waals surface area contributed by atoms with Crippen LogP contribution < -0.4 is 16.0 Å². The van der Waals surface area contributed by atoms with Crippen molar-refractivity contribution in [2.75, 3.05) is 23.7 Å². The summed E-state index contributed by atoms with van der Waals surface area (Å²) in [7, 11) is 0. The van der Waals surface area contributed by atoms with Crippen LogP contribution in [0.15, 0.2) is 18.2 Å². The Balaban J connectivity index is 2.00. The minimum Gasteiger partial charge on any atom is -0.398 e. The molecule has 1 aromatic carbocycles. The summed E-state index contributed by atoms with van der Waals surface area (Å²) in [5, 5.41) is 3.02. The number of nitrogens with two attached hydrogens (primary N) is 1. The van der Waals surface area contributed by atoms with Crippen molar-refractivity contribution in [2.24, 2.45) is 5.92 Å². The second-order valence-corrected chi connectivity index (χ2v) is 5.94. The molecule has 1 heterocycles. The van der Waals surface area contributed by atoms with E-state index < -0.39 is 0 Å². The van der Waals surface area contributed by atoms with Crippen molar-refractivity contribution in [1.82, 2.24) is 5.32 Å². The summed E-state index contributed by atoms with van der Waals surface area (Å²) in [6.45, 7) is 7.90. The van der Waals surface area contributed by atoms with Crippen LogP contribution in [0.5, 0.6) is 0 Å². The number of fused-ring (bicyclic) bond motifs is 1. The molecule has 0 fully saturated rings. The van der Waals surface area contributed by atoms with Gasteiger partial charge in [0.1, 0.15) is 6.04 Å². The summed E-state index contributed by atoms with van der Waals surface area (Å²) >= 11 is 0. The number of hydrogen-bond donors (Lipinski definition) is 2.